The molecule has 2 rings (SSSR count). The number of aryl methyl sites for hydroxylation is 3. The third-order valence-electron chi connectivity index (χ3n) is 3.04. The molecule has 1 atom stereocenters. The van der Waals surface area contributed by atoms with Crippen molar-refractivity contribution in [3.8, 4) is 0 Å². The fourth-order valence-corrected chi connectivity index (χ4v) is 2.65. The molecule has 0 aliphatic rings. The van der Waals surface area contributed by atoms with Crippen LogP contribution in [0.4, 0.5) is 0 Å². The standard InChI is InChI=1S/C13H18BrN5/c1-4-5-19-13(11(14)7-16-19)12(15)10-6-8(2)17-18-9(10)3/h6-7,12H,4-5,15H2,1-3H3. The molecule has 0 aromatic carbocycles. The molecule has 0 amide bonds. The SMILES string of the molecule is CCCn1ncc(Br)c1C(N)c1cc(C)nnc1C. The van der Waals surface area contributed by atoms with Crippen LogP contribution in [0, 0.1) is 13.8 Å². The number of halogens is 1. The highest BCUT2D eigenvalue weighted by Crippen LogP contribution is 2.28. The first-order valence-corrected chi connectivity index (χ1v) is 7.11. The van der Waals surface area contributed by atoms with E-state index in [-0.39, 0.29) is 6.04 Å². The molecule has 19 heavy (non-hydrogen) atoms. The predicted octanol–water partition coefficient (Wildman–Crippen LogP) is 2.51. The second-order valence-corrected chi connectivity index (χ2v) is 5.46. The molecule has 1 unspecified atom stereocenters. The van der Waals surface area contributed by atoms with Crippen molar-refractivity contribution < 1.29 is 0 Å². The summed E-state index contributed by atoms with van der Waals surface area (Å²) in [5, 5.41) is 12.5. The first kappa shape index (κ1) is 14.1. The molecule has 2 aromatic heterocycles. The van der Waals surface area contributed by atoms with E-state index in [0.29, 0.717) is 0 Å². The summed E-state index contributed by atoms with van der Waals surface area (Å²) in [6.45, 7) is 6.82. The minimum Gasteiger partial charge on any atom is -0.319 e. The second kappa shape index (κ2) is 5.79. The summed E-state index contributed by atoms with van der Waals surface area (Å²) in [7, 11) is 0. The van der Waals surface area contributed by atoms with Gasteiger partial charge in [-0.05, 0) is 47.8 Å². The number of nitrogens with zero attached hydrogens (tertiary/aromatic N) is 4. The Hall–Kier alpha value is -1.27. The van der Waals surface area contributed by atoms with Crippen LogP contribution in [0.3, 0.4) is 0 Å². The van der Waals surface area contributed by atoms with Crippen LogP contribution in [0.2, 0.25) is 0 Å². The minimum absolute atomic E-state index is 0.252. The maximum atomic E-state index is 6.40. The molecule has 0 bridgehead atoms. The van der Waals surface area contributed by atoms with E-state index in [0.717, 1.165) is 40.1 Å². The van der Waals surface area contributed by atoms with Crippen molar-refractivity contribution in [3.05, 3.63) is 39.4 Å². The highest BCUT2D eigenvalue weighted by Gasteiger charge is 2.20. The molecule has 2 heterocycles. The van der Waals surface area contributed by atoms with E-state index in [2.05, 4.69) is 38.1 Å². The van der Waals surface area contributed by atoms with E-state index in [1.807, 2.05) is 24.6 Å². The highest BCUT2D eigenvalue weighted by molar-refractivity contribution is 9.10. The van der Waals surface area contributed by atoms with Crippen molar-refractivity contribution in [2.45, 2.75) is 39.8 Å². The first-order valence-electron chi connectivity index (χ1n) is 6.32. The number of nitrogens with two attached hydrogens (primary N) is 1. The molecule has 0 saturated carbocycles. The van der Waals surface area contributed by atoms with Crippen LogP contribution in [0.1, 0.15) is 42.0 Å². The minimum atomic E-state index is -0.252. The first-order chi connectivity index (χ1) is 9.04. The van der Waals surface area contributed by atoms with Gasteiger partial charge in [-0.1, -0.05) is 6.92 Å². The highest BCUT2D eigenvalue weighted by atomic mass is 79.9. The molecular weight excluding hydrogens is 306 g/mol. The van der Waals surface area contributed by atoms with Crippen molar-refractivity contribution in [2.24, 2.45) is 5.73 Å². The zero-order valence-electron chi connectivity index (χ0n) is 11.4. The van der Waals surface area contributed by atoms with Crippen LogP contribution in [0.15, 0.2) is 16.7 Å². The average Bonchev–Trinajstić information content (AvgIpc) is 2.73. The van der Waals surface area contributed by atoms with Crippen LogP contribution >= 0.6 is 15.9 Å². The molecule has 2 N–H and O–H groups in total. The van der Waals surface area contributed by atoms with E-state index in [1.54, 1.807) is 6.20 Å². The topological polar surface area (TPSA) is 69.6 Å². The van der Waals surface area contributed by atoms with Crippen molar-refractivity contribution in [2.75, 3.05) is 0 Å². The number of hydrogen-bond donors (Lipinski definition) is 1. The van der Waals surface area contributed by atoms with Gasteiger partial charge in [0.05, 0.1) is 33.8 Å². The van der Waals surface area contributed by atoms with Crippen LogP contribution in [-0.4, -0.2) is 20.0 Å². The molecule has 0 saturated heterocycles. The molecule has 0 radical (unpaired) electrons. The number of aromatic nitrogens is 4. The molecule has 6 heteroatoms. The van der Waals surface area contributed by atoms with Gasteiger partial charge in [0.2, 0.25) is 0 Å². The maximum Gasteiger partial charge on any atom is 0.0753 e. The Labute approximate surface area is 121 Å². The van der Waals surface area contributed by atoms with E-state index < -0.39 is 0 Å². The lowest BCUT2D eigenvalue weighted by atomic mass is 10.0. The van der Waals surface area contributed by atoms with Crippen LogP contribution < -0.4 is 5.73 Å². The van der Waals surface area contributed by atoms with E-state index in [1.165, 1.54) is 0 Å². The van der Waals surface area contributed by atoms with Crippen molar-refractivity contribution >= 4 is 15.9 Å². The normalized spacial score (nSPS) is 12.7. The molecule has 0 fully saturated rings. The third kappa shape index (κ3) is 2.84. The van der Waals surface area contributed by atoms with Gasteiger partial charge in [0, 0.05) is 6.54 Å². The second-order valence-electron chi connectivity index (χ2n) is 4.61. The fraction of sp³-hybridized carbons (Fsp3) is 0.462. The van der Waals surface area contributed by atoms with E-state index in [9.17, 15) is 0 Å². The summed E-state index contributed by atoms with van der Waals surface area (Å²) in [5.74, 6) is 0. The van der Waals surface area contributed by atoms with Gasteiger partial charge < -0.3 is 5.73 Å². The summed E-state index contributed by atoms with van der Waals surface area (Å²) in [4.78, 5) is 0. The average molecular weight is 324 g/mol. The summed E-state index contributed by atoms with van der Waals surface area (Å²) in [6, 6.07) is 1.74. The lowest BCUT2D eigenvalue weighted by Gasteiger charge is -2.17. The van der Waals surface area contributed by atoms with Gasteiger partial charge in [0.25, 0.3) is 0 Å². The van der Waals surface area contributed by atoms with Gasteiger partial charge in [0.1, 0.15) is 0 Å². The molecule has 0 spiro atoms. The zero-order valence-corrected chi connectivity index (χ0v) is 13.0. The molecule has 0 aliphatic carbocycles. The smallest absolute Gasteiger partial charge is 0.0753 e. The van der Waals surface area contributed by atoms with Crippen LogP contribution in [-0.2, 0) is 6.54 Å². The van der Waals surface area contributed by atoms with Crippen molar-refractivity contribution in [1.82, 2.24) is 20.0 Å². The Morgan fingerprint density at radius 3 is 2.79 bits per heavy atom. The van der Waals surface area contributed by atoms with Gasteiger partial charge in [-0.15, -0.1) is 0 Å². The summed E-state index contributed by atoms with van der Waals surface area (Å²) in [6.07, 6.45) is 2.81. The Morgan fingerprint density at radius 1 is 1.37 bits per heavy atom. The third-order valence-corrected chi connectivity index (χ3v) is 3.65. The van der Waals surface area contributed by atoms with E-state index in [4.69, 9.17) is 5.73 Å². The van der Waals surface area contributed by atoms with Crippen molar-refractivity contribution in [1.29, 1.82) is 0 Å². The maximum absolute atomic E-state index is 6.40. The lowest BCUT2D eigenvalue weighted by molar-refractivity contribution is 0.557. The summed E-state index contributed by atoms with van der Waals surface area (Å²) in [5.41, 5.74) is 10.1. The van der Waals surface area contributed by atoms with Gasteiger partial charge in [0.15, 0.2) is 0 Å². The molecule has 5 nitrogen and oxygen atoms in total. The van der Waals surface area contributed by atoms with Gasteiger partial charge in [-0.2, -0.15) is 15.3 Å². The quantitative estimate of drug-likeness (QED) is 0.938. The number of rotatable bonds is 4. The summed E-state index contributed by atoms with van der Waals surface area (Å²) >= 11 is 3.53. The monoisotopic (exact) mass is 323 g/mol. The largest absolute Gasteiger partial charge is 0.319 e. The Balaban J connectivity index is 2.46. The molecule has 0 aliphatic heterocycles. The molecular formula is C13H18BrN5. The zero-order chi connectivity index (χ0) is 14.0. The van der Waals surface area contributed by atoms with Gasteiger partial charge in [-0.25, -0.2) is 0 Å². The summed E-state index contributed by atoms with van der Waals surface area (Å²) < 4.78 is 2.88. The Bertz CT molecular complexity index is 578. The van der Waals surface area contributed by atoms with Crippen LogP contribution in [0.25, 0.3) is 0 Å². The van der Waals surface area contributed by atoms with Gasteiger partial charge >= 0.3 is 0 Å². The fourth-order valence-electron chi connectivity index (χ4n) is 2.10. The lowest BCUT2D eigenvalue weighted by Crippen LogP contribution is -2.20. The Kier molecular flexibility index (Phi) is 4.31. The Morgan fingerprint density at radius 2 is 2.11 bits per heavy atom. The van der Waals surface area contributed by atoms with E-state index >= 15 is 0 Å². The predicted molar refractivity (Wildman–Crippen MR) is 77.8 cm³/mol. The number of hydrogen-bond acceptors (Lipinski definition) is 4. The molecule has 102 valence electrons. The van der Waals surface area contributed by atoms with Crippen LogP contribution in [0.5, 0.6) is 0 Å². The molecule has 2 aromatic rings. The van der Waals surface area contributed by atoms with Gasteiger partial charge in [-0.3, -0.25) is 4.68 Å². The van der Waals surface area contributed by atoms with Crippen molar-refractivity contribution in [3.63, 3.8) is 0 Å².